The second kappa shape index (κ2) is 9.80. The summed E-state index contributed by atoms with van der Waals surface area (Å²) in [7, 11) is -4.54. The Morgan fingerprint density at radius 1 is 1.09 bits per heavy atom. The van der Waals surface area contributed by atoms with Gasteiger partial charge in [-0.3, -0.25) is 14.2 Å². The van der Waals surface area contributed by atoms with Crippen molar-refractivity contribution in [2.45, 2.75) is 37.4 Å². The highest BCUT2D eigenvalue weighted by molar-refractivity contribution is 7.86. The van der Waals surface area contributed by atoms with E-state index in [-0.39, 0.29) is 52.1 Å². The van der Waals surface area contributed by atoms with Gasteiger partial charge in [-0.05, 0) is 31.5 Å². The molecule has 2 atom stereocenters. The number of piperazine rings is 1. The minimum atomic E-state index is -4.54. The molecule has 3 aromatic rings. The topological polar surface area (TPSA) is 113 Å². The van der Waals surface area contributed by atoms with Crippen LogP contribution >= 0.6 is 0 Å². The van der Waals surface area contributed by atoms with Gasteiger partial charge in [-0.2, -0.15) is 8.42 Å². The number of hydrogen-bond acceptors (Lipinski definition) is 6. The van der Waals surface area contributed by atoms with Gasteiger partial charge in [0.2, 0.25) is 0 Å². The zero-order valence-electron chi connectivity index (χ0n) is 19.5. The maximum Gasteiger partial charge on any atom is 0.295 e. The normalized spacial score (nSPS) is 19.1. The molecule has 0 aromatic heterocycles. The number of nitrogens with two attached hydrogens (primary N) is 1. The van der Waals surface area contributed by atoms with Crippen molar-refractivity contribution in [1.29, 1.82) is 0 Å². The second-order valence-corrected chi connectivity index (χ2v) is 10.3. The maximum atomic E-state index is 13.2. The lowest BCUT2D eigenvalue weighted by molar-refractivity contribution is -0.139. The van der Waals surface area contributed by atoms with Crippen molar-refractivity contribution in [2.24, 2.45) is 0 Å². The lowest BCUT2D eigenvalue weighted by atomic mass is 10.1. The number of ether oxygens (including phenoxy) is 1. The number of rotatable bonds is 6. The first-order chi connectivity index (χ1) is 16.5. The van der Waals surface area contributed by atoms with E-state index in [0.717, 1.165) is 11.6 Å². The number of anilines is 1. The quantitative estimate of drug-likeness (QED) is 0.394. The molecular weight excluding hydrogens is 473 g/mol. The minimum absolute atomic E-state index is 0.0142. The van der Waals surface area contributed by atoms with E-state index in [2.05, 4.69) is 4.90 Å². The first-order valence-corrected chi connectivity index (χ1v) is 12.7. The molecule has 1 heterocycles. The highest BCUT2D eigenvalue weighted by Crippen LogP contribution is 2.36. The number of nitrogens with zero attached hydrogens (tertiary/aromatic N) is 2. The third-order valence-corrected chi connectivity index (χ3v) is 7.27. The van der Waals surface area contributed by atoms with Crippen LogP contribution in [-0.2, 0) is 21.5 Å². The van der Waals surface area contributed by atoms with E-state index in [1.807, 2.05) is 13.8 Å². The average Bonchev–Trinajstić information content (AvgIpc) is 2.81. The smallest absolute Gasteiger partial charge is 0.295 e. The SMILES string of the molecule is C[C@@H]1CN(Cc2ccc(F)cc2)[C@@H](C)CN1C(=O)COc1cc(S(=O)(=O)O)c2ccccc2c1N. The molecule has 4 rings (SSSR count). The maximum absolute atomic E-state index is 13.2. The summed E-state index contributed by atoms with van der Waals surface area (Å²) < 4.78 is 52.4. The summed E-state index contributed by atoms with van der Waals surface area (Å²) >= 11 is 0. The third kappa shape index (κ3) is 5.39. The van der Waals surface area contributed by atoms with Gasteiger partial charge in [-0.1, -0.05) is 36.4 Å². The highest BCUT2D eigenvalue weighted by Gasteiger charge is 2.32. The zero-order chi connectivity index (χ0) is 25.3. The highest BCUT2D eigenvalue weighted by atomic mass is 32.2. The molecule has 1 fully saturated rings. The molecule has 0 aliphatic carbocycles. The van der Waals surface area contributed by atoms with E-state index in [0.29, 0.717) is 25.0 Å². The Hall–Kier alpha value is -3.21. The molecule has 10 heteroatoms. The van der Waals surface area contributed by atoms with Gasteiger partial charge in [0, 0.05) is 48.6 Å². The molecule has 0 spiro atoms. The fourth-order valence-corrected chi connectivity index (χ4v) is 5.20. The summed E-state index contributed by atoms with van der Waals surface area (Å²) in [4.78, 5) is 16.7. The number of carbonyl (C=O) groups is 1. The minimum Gasteiger partial charge on any atom is -0.482 e. The molecule has 0 bridgehead atoms. The first-order valence-electron chi connectivity index (χ1n) is 11.2. The molecule has 0 saturated carbocycles. The average molecular weight is 502 g/mol. The Kier molecular flexibility index (Phi) is 6.98. The van der Waals surface area contributed by atoms with E-state index in [1.165, 1.54) is 18.2 Å². The van der Waals surface area contributed by atoms with Crippen LogP contribution in [0.25, 0.3) is 10.8 Å². The number of halogens is 1. The Morgan fingerprint density at radius 2 is 1.74 bits per heavy atom. The number of fused-ring (bicyclic) bond motifs is 1. The Labute approximate surface area is 203 Å². The van der Waals surface area contributed by atoms with E-state index < -0.39 is 10.1 Å². The monoisotopic (exact) mass is 501 g/mol. The number of hydrogen-bond donors (Lipinski definition) is 2. The molecule has 3 N–H and O–H groups in total. The molecule has 35 heavy (non-hydrogen) atoms. The number of amides is 1. The van der Waals surface area contributed by atoms with Crippen LogP contribution in [0.15, 0.2) is 59.5 Å². The van der Waals surface area contributed by atoms with E-state index in [9.17, 15) is 22.2 Å². The van der Waals surface area contributed by atoms with Gasteiger partial charge in [0.15, 0.2) is 6.61 Å². The van der Waals surface area contributed by atoms with Gasteiger partial charge in [0.25, 0.3) is 16.0 Å². The largest absolute Gasteiger partial charge is 0.482 e. The van der Waals surface area contributed by atoms with Gasteiger partial charge in [0.1, 0.15) is 16.5 Å². The van der Waals surface area contributed by atoms with Crippen molar-refractivity contribution in [2.75, 3.05) is 25.4 Å². The van der Waals surface area contributed by atoms with Gasteiger partial charge in [-0.25, -0.2) is 4.39 Å². The van der Waals surface area contributed by atoms with Crippen LogP contribution in [-0.4, -0.2) is 60.5 Å². The molecule has 1 aliphatic rings. The van der Waals surface area contributed by atoms with Crippen molar-refractivity contribution in [3.63, 3.8) is 0 Å². The summed E-state index contributed by atoms with van der Waals surface area (Å²) in [5.74, 6) is -0.520. The molecule has 1 amide bonds. The number of benzene rings is 3. The second-order valence-electron chi connectivity index (χ2n) is 8.90. The molecule has 1 saturated heterocycles. The molecule has 1 aliphatic heterocycles. The molecular formula is C25H28FN3O5S. The lowest BCUT2D eigenvalue weighted by Gasteiger charge is -2.44. The molecule has 8 nitrogen and oxygen atoms in total. The zero-order valence-corrected chi connectivity index (χ0v) is 20.3. The fourth-order valence-electron chi connectivity index (χ4n) is 4.49. The Bertz CT molecular complexity index is 1350. The van der Waals surface area contributed by atoms with Gasteiger partial charge in [-0.15, -0.1) is 0 Å². The molecule has 0 unspecified atom stereocenters. The molecule has 186 valence electrons. The van der Waals surface area contributed by atoms with Crippen LogP contribution in [0.4, 0.5) is 10.1 Å². The number of carbonyl (C=O) groups excluding carboxylic acids is 1. The van der Waals surface area contributed by atoms with Crippen LogP contribution in [0, 0.1) is 5.82 Å². The summed E-state index contributed by atoms with van der Waals surface area (Å²) in [6, 6.07) is 14.0. The molecule has 3 aromatic carbocycles. The predicted molar refractivity (Wildman–Crippen MR) is 131 cm³/mol. The van der Waals surface area contributed by atoms with Crippen LogP contribution in [0.5, 0.6) is 5.75 Å². The fraction of sp³-hybridized carbons (Fsp3) is 0.320. The van der Waals surface area contributed by atoms with Crippen LogP contribution in [0.2, 0.25) is 0 Å². The summed E-state index contributed by atoms with van der Waals surface area (Å²) in [5.41, 5.74) is 7.37. The van der Waals surface area contributed by atoms with Crippen molar-refractivity contribution < 1.29 is 26.9 Å². The third-order valence-electron chi connectivity index (χ3n) is 6.37. The summed E-state index contributed by atoms with van der Waals surface area (Å²) in [6.45, 7) is 5.40. The summed E-state index contributed by atoms with van der Waals surface area (Å²) in [6.07, 6.45) is 0. The lowest BCUT2D eigenvalue weighted by Crippen LogP contribution is -2.58. The first kappa shape index (κ1) is 24.9. The van der Waals surface area contributed by atoms with Crippen LogP contribution in [0.3, 0.4) is 0 Å². The standard InChI is InChI=1S/C25H28FN3O5S/c1-16-13-29(17(2)12-28(16)14-18-7-9-19(26)10-8-18)24(30)15-34-22-11-23(35(31,32)33)20-5-3-4-6-21(20)25(22)27/h3-11,16-17H,12-15,27H2,1-2H3,(H,31,32,33)/t16-,17+/m0/s1. The molecule has 0 radical (unpaired) electrons. The Balaban J connectivity index is 1.46. The summed E-state index contributed by atoms with van der Waals surface area (Å²) in [5, 5.41) is 0.673. The Morgan fingerprint density at radius 3 is 2.40 bits per heavy atom. The van der Waals surface area contributed by atoms with Crippen LogP contribution < -0.4 is 10.5 Å². The van der Waals surface area contributed by atoms with E-state index in [1.54, 1.807) is 35.2 Å². The van der Waals surface area contributed by atoms with E-state index >= 15 is 0 Å². The van der Waals surface area contributed by atoms with Crippen molar-refractivity contribution in [1.82, 2.24) is 9.80 Å². The van der Waals surface area contributed by atoms with Crippen molar-refractivity contribution >= 4 is 32.5 Å². The van der Waals surface area contributed by atoms with Gasteiger partial charge < -0.3 is 15.4 Å². The van der Waals surface area contributed by atoms with Crippen LogP contribution in [0.1, 0.15) is 19.4 Å². The predicted octanol–water partition coefficient (Wildman–Crippen LogP) is 3.31. The van der Waals surface area contributed by atoms with E-state index in [4.69, 9.17) is 10.5 Å². The van der Waals surface area contributed by atoms with Gasteiger partial charge >= 0.3 is 0 Å². The van der Waals surface area contributed by atoms with Gasteiger partial charge in [0.05, 0.1) is 5.69 Å². The number of nitrogen functional groups attached to an aromatic ring is 1. The van der Waals surface area contributed by atoms with Crippen molar-refractivity contribution in [3.8, 4) is 5.75 Å². The van der Waals surface area contributed by atoms with Crippen molar-refractivity contribution in [3.05, 3.63) is 66.0 Å².